The molecule has 0 aliphatic heterocycles. The average molecular weight is 406 g/mol. The van der Waals surface area contributed by atoms with Gasteiger partial charge in [-0.15, -0.1) is 11.3 Å². The van der Waals surface area contributed by atoms with Crippen molar-refractivity contribution in [3.05, 3.63) is 87.6 Å². The molecule has 146 valence electrons. The van der Waals surface area contributed by atoms with Gasteiger partial charge in [0.05, 0.1) is 12.1 Å². The maximum absolute atomic E-state index is 12.7. The highest BCUT2D eigenvalue weighted by atomic mass is 32.1. The molecular formula is C20H17F3N2O2S. The quantitative estimate of drug-likeness (QED) is 0.547. The fraction of sp³-hybridized carbons (Fsp3) is 0.150. The lowest BCUT2D eigenvalue weighted by molar-refractivity contribution is -0.137. The second-order valence-corrected chi connectivity index (χ2v) is 7.20. The van der Waals surface area contributed by atoms with E-state index >= 15 is 0 Å². The molecule has 0 radical (unpaired) electrons. The van der Waals surface area contributed by atoms with Crippen molar-refractivity contribution in [1.82, 2.24) is 5.32 Å². The predicted molar refractivity (Wildman–Crippen MR) is 102 cm³/mol. The number of carbonyl (C=O) groups is 1. The third kappa shape index (κ3) is 5.11. The first kappa shape index (κ1) is 19.9. The number of benzene rings is 2. The van der Waals surface area contributed by atoms with Crippen molar-refractivity contribution in [2.75, 3.05) is 5.32 Å². The van der Waals surface area contributed by atoms with Gasteiger partial charge < -0.3 is 15.7 Å². The Bertz CT molecular complexity index is 942. The van der Waals surface area contributed by atoms with Gasteiger partial charge in [0.15, 0.2) is 0 Å². The molecule has 2 amide bonds. The van der Waals surface area contributed by atoms with E-state index in [1.54, 1.807) is 12.1 Å². The topological polar surface area (TPSA) is 61.4 Å². The van der Waals surface area contributed by atoms with E-state index in [0.717, 1.165) is 27.5 Å². The molecule has 0 saturated heterocycles. The Morgan fingerprint density at radius 1 is 1.04 bits per heavy atom. The number of hydrogen-bond acceptors (Lipinski definition) is 3. The number of aliphatic hydroxyl groups is 1. The Balaban J connectivity index is 1.56. The summed E-state index contributed by atoms with van der Waals surface area (Å²) in [4.78, 5) is 13.5. The van der Waals surface area contributed by atoms with Gasteiger partial charge in [-0.25, -0.2) is 4.79 Å². The van der Waals surface area contributed by atoms with Crippen LogP contribution in [0.3, 0.4) is 0 Å². The molecule has 4 nitrogen and oxygen atoms in total. The van der Waals surface area contributed by atoms with Crippen LogP contribution in [0.15, 0.2) is 66.7 Å². The molecule has 0 saturated carbocycles. The highest BCUT2D eigenvalue weighted by Gasteiger charge is 2.30. The minimum Gasteiger partial charge on any atom is -0.383 e. The lowest BCUT2D eigenvalue weighted by Crippen LogP contribution is -2.27. The maximum atomic E-state index is 12.7. The van der Waals surface area contributed by atoms with Crippen LogP contribution in [0.1, 0.15) is 27.0 Å². The smallest absolute Gasteiger partial charge is 0.383 e. The van der Waals surface area contributed by atoms with Crippen LogP contribution in [-0.4, -0.2) is 11.1 Å². The fourth-order valence-electron chi connectivity index (χ4n) is 2.55. The van der Waals surface area contributed by atoms with Crippen molar-refractivity contribution in [3.8, 4) is 0 Å². The summed E-state index contributed by atoms with van der Waals surface area (Å²) in [6, 6.07) is 16.6. The number of aliphatic hydroxyl groups excluding tert-OH is 1. The standard InChI is InChI=1S/C20H17F3N2O2S/c21-20(22,23)14-7-4-8-15(11-14)25-19(27)24-12-16-9-10-17(28-16)18(26)13-5-2-1-3-6-13/h1-11,18,26H,12H2,(H2,24,25,27). The van der Waals surface area contributed by atoms with Crippen molar-refractivity contribution in [2.45, 2.75) is 18.8 Å². The Hall–Kier alpha value is -2.84. The molecule has 3 aromatic rings. The van der Waals surface area contributed by atoms with E-state index in [9.17, 15) is 23.1 Å². The van der Waals surface area contributed by atoms with Gasteiger partial charge in [-0.05, 0) is 35.9 Å². The summed E-state index contributed by atoms with van der Waals surface area (Å²) in [5, 5.41) is 15.4. The van der Waals surface area contributed by atoms with Crippen molar-refractivity contribution < 1.29 is 23.1 Å². The van der Waals surface area contributed by atoms with Crippen LogP contribution < -0.4 is 10.6 Å². The van der Waals surface area contributed by atoms with E-state index in [1.807, 2.05) is 30.3 Å². The number of hydrogen-bond donors (Lipinski definition) is 3. The van der Waals surface area contributed by atoms with Crippen molar-refractivity contribution >= 4 is 23.1 Å². The molecule has 0 aliphatic rings. The van der Waals surface area contributed by atoms with Crippen molar-refractivity contribution in [1.29, 1.82) is 0 Å². The van der Waals surface area contributed by atoms with Gasteiger partial charge in [-0.3, -0.25) is 0 Å². The van der Waals surface area contributed by atoms with E-state index in [0.29, 0.717) is 0 Å². The minimum atomic E-state index is -4.47. The maximum Gasteiger partial charge on any atom is 0.416 e. The van der Waals surface area contributed by atoms with Crippen LogP contribution in [0, 0.1) is 0 Å². The summed E-state index contributed by atoms with van der Waals surface area (Å²) in [5.41, 5.74) is -0.00654. The summed E-state index contributed by atoms with van der Waals surface area (Å²) in [6.07, 6.45) is -5.22. The predicted octanol–water partition coefficient (Wildman–Crippen LogP) is 5.17. The second-order valence-electron chi connectivity index (χ2n) is 6.00. The molecule has 0 fully saturated rings. The van der Waals surface area contributed by atoms with E-state index in [-0.39, 0.29) is 12.2 Å². The molecule has 1 aromatic heterocycles. The van der Waals surface area contributed by atoms with E-state index in [1.165, 1.54) is 23.5 Å². The Morgan fingerprint density at radius 3 is 2.50 bits per heavy atom. The lowest BCUT2D eigenvalue weighted by Gasteiger charge is -2.10. The number of alkyl halides is 3. The largest absolute Gasteiger partial charge is 0.416 e. The minimum absolute atomic E-state index is 0.0543. The van der Waals surface area contributed by atoms with Gasteiger partial charge in [0, 0.05) is 15.4 Å². The number of halogens is 3. The normalized spacial score (nSPS) is 12.4. The number of thiophene rings is 1. The molecule has 1 heterocycles. The van der Waals surface area contributed by atoms with Crippen molar-refractivity contribution in [3.63, 3.8) is 0 Å². The van der Waals surface area contributed by atoms with Gasteiger partial charge in [-0.2, -0.15) is 13.2 Å². The number of anilines is 1. The molecule has 28 heavy (non-hydrogen) atoms. The number of amides is 2. The highest BCUT2D eigenvalue weighted by molar-refractivity contribution is 7.12. The van der Waals surface area contributed by atoms with Gasteiger partial charge in [0.25, 0.3) is 0 Å². The highest BCUT2D eigenvalue weighted by Crippen LogP contribution is 2.31. The molecular weight excluding hydrogens is 389 g/mol. The summed E-state index contributed by atoms with van der Waals surface area (Å²) < 4.78 is 38.2. The average Bonchev–Trinajstić information content (AvgIpc) is 3.15. The summed E-state index contributed by atoms with van der Waals surface area (Å²) >= 11 is 1.35. The summed E-state index contributed by atoms with van der Waals surface area (Å²) in [5.74, 6) is 0. The van der Waals surface area contributed by atoms with Gasteiger partial charge >= 0.3 is 12.2 Å². The zero-order chi connectivity index (χ0) is 20.1. The zero-order valence-electron chi connectivity index (χ0n) is 14.5. The first-order chi connectivity index (χ1) is 13.3. The monoisotopic (exact) mass is 406 g/mol. The molecule has 0 spiro atoms. The van der Waals surface area contributed by atoms with Crippen LogP contribution in [-0.2, 0) is 12.7 Å². The fourth-order valence-corrected chi connectivity index (χ4v) is 3.52. The molecule has 1 unspecified atom stereocenters. The third-order valence-electron chi connectivity index (χ3n) is 3.94. The van der Waals surface area contributed by atoms with Crippen LogP contribution in [0.2, 0.25) is 0 Å². The number of rotatable bonds is 5. The van der Waals surface area contributed by atoms with Crippen LogP contribution in [0.5, 0.6) is 0 Å². The second kappa shape index (κ2) is 8.45. The molecule has 3 N–H and O–H groups in total. The van der Waals surface area contributed by atoms with Gasteiger partial charge in [-0.1, -0.05) is 36.4 Å². The van der Waals surface area contributed by atoms with Crippen molar-refractivity contribution in [2.24, 2.45) is 0 Å². The lowest BCUT2D eigenvalue weighted by atomic mass is 10.1. The Morgan fingerprint density at radius 2 is 1.79 bits per heavy atom. The number of nitrogens with one attached hydrogen (secondary N) is 2. The molecule has 2 aromatic carbocycles. The van der Waals surface area contributed by atoms with Gasteiger partial charge in [0.2, 0.25) is 0 Å². The number of carbonyl (C=O) groups excluding carboxylic acids is 1. The Kier molecular flexibility index (Phi) is 6.01. The summed E-state index contributed by atoms with van der Waals surface area (Å²) in [6.45, 7) is 0.191. The van der Waals surface area contributed by atoms with E-state index in [4.69, 9.17) is 0 Å². The van der Waals surface area contributed by atoms with E-state index in [2.05, 4.69) is 10.6 Å². The first-order valence-electron chi connectivity index (χ1n) is 8.36. The van der Waals surface area contributed by atoms with Crippen LogP contribution in [0.25, 0.3) is 0 Å². The number of urea groups is 1. The molecule has 0 bridgehead atoms. The third-order valence-corrected chi connectivity index (χ3v) is 5.08. The Labute approximate surface area is 163 Å². The summed E-state index contributed by atoms with van der Waals surface area (Å²) in [7, 11) is 0. The van der Waals surface area contributed by atoms with E-state index < -0.39 is 23.9 Å². The van der Waals surface area contributed by atoms with Crippen LogP contribution >= 0.6 is 11.3 Å². The zero-order valence-corrected chi connectivity index (χ0v) is 15.3. The molecule has 3 rings (SSSR count). The first-order valence-corrected chi connectivity index (χ1v) is 9.18. The SMILES string of the molecule is O=C(NCc1ccc(C(O)c2ccccc2)s1)Nc1cccc(C(F)(F)F)c1. The molecule has 1 atom stereocenters. The van der Waals surface area contributed by atoms with Gasteiger partial charge in [0.1, 0.15) is 6.10 Å². The molecule has 8 heteroatoms. The molecule has 0 aliphatic carbocycles. The van der Waals surface area contributed by atoms with Crippen LogP contribution in [0.4, 0.5) is 23.7 Å².